The van der Waals surface area contributed by atoms with E-state index in [9.17, 15) is 4.79 Å². The van der Waals surface area contributed by atoms with Crippen molar-refractivity contribution < 1.29 is 4.79 Å². The highest BCUT2D eigenvalue weighted by molar-refractivity contribution is 5.96. The van der Waals surface area contributed by atoms with E-state index < -0.39 is 0 Å². The van der Waals surface area contributed by atoms with Crippen molar-refractivity contribution in [2.24, 2.45) is 5.73 Å². The van der Waals surface area contributed by atoms with E-state index in [1.54, 1.807) is 0 Å². The van der Waals surface area contributed by atoms with E-state index in [0.717, 1.165) is 29.5 Å². The van der Waals surface area contributed by atoms with Crippen molar-refractivity contribution in [1.82, 2.24) is 0 Å². The van der Waals surface area contributed by atoms with Crippen molar-refractivity contribution in [2.75, 3.05) is 6.54 Å². The Balaban J connectivity index is 2.65. The number of aryl methyl sites for hydroxylation is 2. The Morgan fingerprint density at radius 2 is 1.73 bits per heavy atom. The molecule has 1 aromatic carbocycles. The fourth-order valence-corrected chi connectivity index (χ4v) is 1.71. The van der Waals surface area contributed by atoms with Crippen LogP contribution in [0.15, 0.2) is 18.2 Å². The molecule has 0 saturated heterocycles. The highest BCUT2D eigenvalue weighted by Gasteiger charge is 2.06. The fraction of sp³-hybridized carbons (Fsp3) is 0.462. The Kier molecular flexibility index (Phi) is 4.50. The number of hydrogen-bond donors (Lipinski definition) is 1. The van der Waals surface area contributed by atoms with E-state index in [0.29, 0.717) is 13.0 Å². The van der Waals surface area contributed by atoms with Crippen LogP contribution in [0.3, 0.4) is 0 Å². The molecule has 15 heavy (non-hydrogen) atoms. The Hall–Kier alpha value is -1.15. The number of carbonyl (C=O) groups excluding carboxylic acids is 1. The summed E-state index contributed by atoms with van der Waals surface area (Å²) in [5.41, 5.74) is 8.53. The Labute approximate surface area is 91.5 Å². The van der Waals surface area contributed by atoms with Crippen LogP contribution in [0.4, 0.5) is 0 Å². The van der Waals surface area contributed by atoms with Crippen LogP contribution in [0.1, 0.15) is 40.7 Å². The fourth-order valence-electron chi connectivity index (χ4n) is 1.71. The summed E-state index contributed by atoms with van der Waals surface area (Å²) in [6.45, 7) is 4.70. The quantitative estimate of drug-likeness (QED) is 0.593. The lowest BCUT2D eigenvalue weighted by molar-refractivity contribution is 0.0979. The van der Waals surface area contributed by atoms with Crippen molar-refractivity contribution >= 4 is 5.78 Å². The lowest BCUT2D eigenvalue weighted by atomic mass is 10.0. The van der Waals surface area contributed by atoms with Crippen LogP contribution in [0.5, 0.6) is 0 Å². The van der Waals surface area contributed by atoms with Gasteiger partial charge in [0.15, 0.2) is 5.78 Å². The molecule has 0 fully saturated rings. The molecule has 0 heterocycles. The van der Waals surface area contributed by atoms with Crippen molar-refractivity contribution in [1.29, 1.82) is 0 Å². The molecule has 0 aliphatic rings. The highest BCUT2D eigenvalue weighted by atomic mass is 16.1. The number of carbonyl (C=O) groups is 1. The van der Waals surface area contributed by atoms with Crippen LogP contribution < -0.4 is 5.73 Å². The first-order valence-electron chi connectivity index (χ1n) is 5.45. The first-order valence-corrected chi connectivity index (χ1v) is 5.45. The molecule has 0 atom stereocenters. The molecule has 0 bridgehead atoms. The number of unbranched alkanes of at least 4 members (excludes halogenated alkanes) is 1. The molecule has 0 spiro atoms. The third-order valence-electron chi connectivity index (χ3n) is 2.40. The molecule has 0 unspecified atom stereocenters. The zero-order chi connectivity index (χ0) is 11.3. The summed E-state index contributed by atoms with van der Waals surface area (Å²) in [5.74, 6) is 0.232. The number of ketones is 1. The van der Waals surface area contributed by atoms with Gasteiger partial charge in [0.2, 0.25) is 0 Å². The average Bonchev–Trinajstić information content (AvgIpc) is 2.16. The van der Waals surface area contributed by atoms with Gasteiger partial charge in [-0.3, -0.25) is 4.79 Å². The van der Waals surface area contributed by atoms with Gasteiger partial charge in [-0.05, 0) is 45.4 Å². The van der Waals surface area contributed by atoms with Crippen molar-refractivity contribution in [3.05, 3.63) is 34.9 Å². The largest absolute Gasteiger partial charge is 0.330 e. The minimum Gasteiger partial charge on any atom is -0.330 e. The second kappa shape index (κ2) is 5.66. The molecule has 0 saturated carbocycles. The molecule has 2 nitrogen and oxygen atoms in total. The summed E-state index contributed by atoms with van der Waals surface area (Å²) in [5, 5.41) is 0. The number of Topliss-reactive ketones (excluding diaryl/α,β-unsaturated/α-hetero) is 1. The van der Waals surface area contributed by atoms with Crippen LogP contribution in [-0.4, -0.2) is 12.3 Å². The van der Waals surface area contributed by atoms with Crippen LogP contribution in [-0.2, 0) is 0 Å². The minimum atomic E-state index is 0.232. The Bertz CT molecular complexity index is 324. The zero-order valence-corrected chi connectivity index (χ0v) is 9.55. The molecular formula is C13H19NO. The SMILES string of the molecule is Cc1cc(C)cc(C(=O)CCCCN)c1. The van der Waals surface area contributed by atoms with Gasteiger partial charge in [0.05, 0.1) is 0 Å². The first kappa shape index (κ1) is 11.9. The lowest BCUT2D eigenvalue weighted by Gasteiger charge is -2.03. The van der Waals surface area contributed by atoms with Crippen molar-refractivity contribution in [3.63, 3.8) is 0 Å². The third-order valence-corrected chi connectivity index (χ3v) is 2.40. The zero-order valence-electron chi connectivity index (χ0n) is 9.55. The van der Waals surface area contributed by atoms with E-state index >= 15 is 0 Å². The van der Waals surface area contributed by atoms with Crippen molar-refractivity contribution in [3.8, 4) is 0 Å². The lowest BCUT2D eigenvalue weighted by Crippen LogP contribution is -2.03. The number of nitrogens with two attached hydrogens (primary N) is 1. The van der Waals surface area contributed by atoms with Gasteiger partial charge in [-0.2, -0.15) is 0 Å². The molecule has 2 heteroatoms. The number of hydrogen-bond acceptors (Lipinski definition) is 2. The van der Waals surface area contributed by atoms with E-state index in [2.05, 4.69) is 6.07 Å². The summed E-state index contributed by atoms with van der Waals surface area (Å²) < 4.78 is 0. The van der Waals surface area contributed by atoms with Gasteiger partial charge >= 0.3 is 0 Å². The van der Waals surface area contributed by atoms with Gasteiger partial charge in [-0.25, -0.2) is 0 Å². The van der Waals surface area contributed by atoms with Gasteiger partial charge in [-0.1, -0.05) is 17.2 Å². The summed E-state index contributed by atoms with van der Waals surface area (Å²) in [4.78, 5) is 11.8. The summed E-state index contributed by atoms with van der Waals surface area (Å²) >= 11 is 0. The predicted octanol–water partition coefficient (Wildman–Crippen LogP) is 2.62. The highest BCUT2D eigenvalue weighted by Crippen LogP contribution is 2.12. The summed E-state index contributed by atoms with van der Waals surface area (Å²) in [6, 6.07) is 5.99. The van der Waals surface area contributed by atoms with E-state index in [1.165, 1.54) is 0 Å². The van der Waals surface area contributed by atoms with Crippen LogP contribution in [0.2, 0.25) is 0 Å². The topological polar surface area (TPSA) is 43.1 Å². The summed E-state index contributed by atoms with van der Waals surface area (Å²) in [7, 11) is 0. The molecule has 82 valence electrons. The first-order chi connectivity index (χ1) is 7.13. The molecule has 0 aromatic heterocycles. The van der Waals surface area contributed by atoms with E-state index in [1.807, 2.05) is 26.0 Å². The maximum Gasteiger partial charge on any atom is 0.162 e. The molecule has 0 aliphatic heterocycles. The second-order valence-corrected chi connectivity index (χ2v) is 4.05. The maximum absolute atomic E-state index is 11.8. The van der Waals surface area contributed by atoms with Gasteiger partial charge < -0.3 is 5.73 Å². The normalized spacial score (nSPS) is 10.3. The molecule has 0 amide bonds. The van der Waals surface area contributed by atoms with Crippen molar-refractivity contribution in [2.45, 2.75) is 33.1 Å². The van der Waals surface area contributed by atoms with Gasteiger partial charge in [0.25, 0.3) is 0 Å². The van der Waals surface area contributed by atoms with E-state index in [4.69, 9.17) is 5.73 Å². The van der Waals surface area contributed by atoms with Gasteiger partial charge in [0.1, 0.15) is 0 Å². The van der Waals surface area contributed by atoms with E-state index in [-0.39, 0.29) is 5.78 Å². The molecule has 0 aliphatic carbocycles. The van der Waals surface area contributed by atoms with Crippen LogP contribution in [0.25, 0.3) is 0 Å². The monoisotopic (exact) mass is 205 g/mol. The second-order valence-electron chi connectivity index (χ2n) is 4.05. The van der Waals surface area contributed by atoms with Gasteiger partial charge in [-0.15, -0.1) is 0 Å². The van der Waals surface area contributed by atoms with Gasteiger partial charge in [0, 0.05) is 12.0 Å². The Morgan fingerprint density at radius 1 is 1.13 bits per heavy atom. The minimum absolute atomic E-state index is 0.232. The standard InChI is InChI=1S/C13H19NO/c1-10-7-11(2)9-12(8-10)13(15)5-3-4-6-14/h7-9H,3-6,14H2,1-2H3. The molecule has 1 aromatic rings. The smallest absolute Gasteiger partial charge is 0.162 e. The average molecular weight is 205 g/mol. The maximum atomic E-state index is 11.8. The molecule has 0 radical (unpaired) electrons. The molecule has 1 rings (SSSR count). The third kappa shape index (κ3) is 3.84. The number of rotatable bonds is 5. The van der Waals surface area contributed by atoms with Crippen LogP contribution >= 0.6 is 0 Å². The summed E-state index contributed by atoms with van der Waals surface area (Å²) in [6.07, 6.45) is 2.43. The number of benzene rings is 1. The molecular weight excluding hydrogens is 186 g/mol. The molecule has 2 N–H and O–H groups in total. The van der Waals surface area contributed by atoms with Crippen LogP contribution in [0, 0.1) is 13.8 Å². The Morgan fingerprint density at radius 3 is 2.27 bits per heavy atom. The predicted molar refractivity (Wildman–Crippen MR) is 63.2 cm³/mol.